The molecule has 0 radical (unpaired) electrons. The Morgan fingerprint density at radius 1 is 0.706 bits per heavy atom. The highest BCUT2D eigenvalue weighted by molar-refractivity contribution is 5.88. The quantitative estimate of drug-likeness (QED) is 0.184. The summed E-state index contributed by atoms with van der Waals surface area (Å²) in [5, 5.41) is 5.71. The van der Waals surface area contributed by atoms with Gasteiger partial charge in [-0.3, -0.25) is 9.59 Å². The van der Waals surface area contributed by atoms with Crippen LogP contribution in [0.5, 0.6) is 0 Å². The molecule has 0 aliphatic rings. The number of carbonyl (C=O) groups excluding carboxylic acids is 2. The molecule has 2 atom stereocenters. The first-order valence-electron chi connectivity index (χ1n) is 14.2. The largest absolute Gasteiger partial charge is 0.357 e. The van der Waals surface area contributed by atoms with Crippen molar-refractivity contribution in [2.45, 2.75) is 129 Å². The number of benzene rings is 1. The van der Waals surface area contributed by atoms with Crippen molar-refractivity contribution in [3.8, 4) is 0 Å². The zero-order chi connectivity index (χ0) is 24.9. The Balaban J connectivity index is 2.17. The molecule has 0 aliphatic heterocycles. The summed E-state index contributed by atoms with van der Waals surface area (Å²) >= 11 is 0. The lowest BCUT2D eigenvalue weighted by Gasteiger charge is -2.21. The molecule has 0 saturated carbocycles. The van der Waals surface area contributed by atoms with Crippen LogP contribution in [0.3, 0.4) is 0 Å². The maximum Gasteiger partial charge on any atom is 0.242 e. The van der Waals surface area contributed by atoms with E-state index in [4.69, 9.17) is 0 Å². The fourth-order valence-corrected chi connectivity index (χ4v) is 4.63. The molecular weight excluding hydrogens is 420 g/mol. The number of carbonyl (C=O) groups is 2. The van der Waals surface area contributed by atoms with Crippen molar-refractivity contribution in [2.24, 2.45) is 5.92 Å². The van der Waals surface area contributed by atoms with Gasteiger partial charge in [0.05, 0.1) is 0 Å². The molecule has 4 nitrogen and oxygen atoms in total. The van der Waals surface area contributed by atoms with Gasteiger partial charge >= 0.3 is 0 Å². The Kier molecular flexibility index (Phi) is 18.2. The van der Waals surface area contributed by atoms with Gasteiger partial charge in [0.15, 0.2) is 0 Å². The second kappa shape index (κ2) is 20.5. The zero-order valence-electron chi connectivity index (χ0n) is 22.4. The van der Waals surface area contributed by atoms with E-state index in [1.807, 2.05) is 30.3 Å². The molecule has 0 fully saturated rings. The molecule has 0 heterocycles. The SMILES string of the molecule is CCCCCCCCCCCCCCCCC(CC)C(=O)NC(Cc1ccccc1)C(=O)NC. The molecule has 0 bridgehead atoms. The van der Waals surface area contributed by atoms with Crippen molar-refractivity contribution in [3.63, 3.8) is 0 Å². The molecular formula is C30H52N2O2. The fraction of sp³-hybridized carbons (Fsp3) is 0.733. The standard InChI is InChI=1S/C30H52N2O2/c1-4-6-7-8-9-10-11-12-13-14-15-16-17-21-24-27(5-2)29(33)32-28(30(34)31-3)25-26-22-19-18-20-23-26/h18-20,22-23,27-28H,4-17,21,24-25H2,1-3H3,(H,31,34)(H,32,33). The summed E-state index contributed by atoms with van der Waals surface area (Å²) in [5.41, 5.74) is 1.05. The topological polar surface area (TPSA) is 58.2 Å². The highest BCUT2D eigenvalue weighted by Crippen LogP contribution is 2.17. The number of likely N-dealkylation sites (N-methyl/N-ethyl adjacent to an activating group) is 1. The van der Waals surface area contributed by atoms with Gasteiger partial charge in [0, 0.05) is 19.4 Å². The number of nitrogens with one attached hydrogen (secondary N) is 2. The van der Waals surface area contributed by atoms with E-state index in [9.17, 15) is 9.59 Å². The predicted molar refractivity (Wildman–Crippen MR) is 145 cm³/mol. The first kappa shape index (κ1) is 30.2. The number of hydrogen-bond donors (Lipinski definition) is 2. The molecule has 0 saturated heterocycles. The molecule has 1 aromatic rings. The van der Waals surface area contributed by atoms with E-state index >= 15 is 0 Å². The van der Waals surface area contributed by atoms with Crippen LogP contribution in [0.4, 0.5) is 0 Å². The van der Waals surface area contributed by atoms with Crippen molar-refractivity contribution in [1.29, 1.82) is 0 Å². The van der Waals surface area contributed by atoms with E-state index in [2.05, 4.69) is 24.5 Å². The van der Waals surface area contributed by atoms with E-state index in [-0.39, 0.29) is 17.7 Å². The molecule has 2 amide bonds. The molecule has 1 rings (SSSR count). The Bertz CT molecular complexity index is 632. The van der Waals surface area contributed by atoms with Crippen LogP contribution in [-0.2, 0) is 16.0 Å². The van der Waals surface area contributed by atoms with Gasteiger partial charge in [-0.2, -0.15) is 0 Å². The second-order valence-corrected chi connectivity index (χ2v) is 9.86. The first-order valence-corrected chi connectivity index (χ1v) is 14.2. The summed E-state index contributed by atoms with van der Waals surface area (Å²) in [7, 11) is 1.62. The number of hydrogen-bond acceptors (Lipinski definition) is 2. The summed E-state index contributed by atoms with van der Waals surface area (Å²) in [5.74, 6) is -0.134. The number of unbranched alkanes of at least 4 members (excludes halogenated alkanes) is 13. The summed E-state index contributed by atoms with van der Waals surface area (Å²) in [6.07, 6.45) is 21.0. The molecule has 34 heavy (non-hydrogen) atoms. The summed E-state index contributed by atoms with van der Waals surface area (Å²) in [4.78, 5) is 25.2. The number of amides is 2. The van der Waals surface area contributed by atoms with Gasteiger partial charge in [-0.05, 0) is 18.4 Å². The van der Waals surface area contributed by atoms with Crippen LogP contribution in [0.2, 0.25) is 0 Å². The lowest BCUT2D eigenvalue weighted by molar-refractivity contribution is -0.131. The van der Waals surface area contributed by atoms with Crippen molar-refractivity contribution in [1.82, 2.24) is 10.6 Å². The van der Waals surface area contributed by atoms with Crippen molar-refractivity contribution < 1.29 is 9.59 Å². The highest BCUT2D eigenvalue weighted by Gasteiger charge is 2.24. The summed E-state index contributed by atoms with van der Waals surface area (Å²) in [6.45, 7) is 4.34. The van der Waals surface area contributed by atoms with E-state index in [0.29, 0.717) is 6.42 Å². The van der Waals surface area contributed by atoms with E-state index in [1.54, 1.807) is 7.05 Å². The predicted octanol–water partition coefficient (Wildman–Crippen LogP) is 7.36. The molecule has 0 aromatic heterocycles. The second-order valence-electron chi connectivity index (χ2n) is 9.86. The molecule has 194 valence electrons. The molecule has 4 heteroatoms. The van der Waals surface area contributed by atoms with E-state index in [1.165, 1.54) is 83.5 Å². The summed E-state index contributed by atoms with van der Waals surface area (Å²) in [6, 6.07) is 9.35. The minimum absolute atomic E-state index is 0.0137. The summed E-state index contributed by atoms with van der Waals surface area (Å²) < 4.78 is 0. The molecule has 0 spiro atoms. The van der Waals surface area contributed by atoms with Crippen molar-refractivity contribution in [2.75, 3.05) is 7.05 Å². The Labute approximate surface area is 210 Å². The lowest BCUT2D eigenvalue weighted by atomic mass is 9.95. The first-order chi connectivity index (χ1) is 16.6. The smallest absolute Gasteiger partial charge is 0.242 e. The van der Waals surface area contributed by atoms with Gasteiger partial charge in [0.25, 0.3) is 0 Å². The van der Waals surface area contributed by atoms with Gasteiger partial charge in [-0.25, -0.2) is 0 Å². The fourth-order valence-electron chi connectivity index (χ4n) is 4.63. The van der Waals surface area contributed by atoms with Crippen molar-refractivity contribution >= 4 is 11.8 Å². The van der Waals surface area contributed by atoms with Gasteiger partial charge in [-0.1, -0.05) is 134 Å². The zero-order valence-corrected chi connectivity index (χ0v) is 22.4. The van der Waals surface area contributed by atoms with Crippen LogP contribution < -0.4 is 10.6 Å². The molecule has 2 N–H and O–H groups in total. The van der Waals surface area contributed by atoms with E-state index < -0.39 is 6.04 Å². The van der Waals surface area contributed by atoms with E-state index in [0.717, 1.165) is 24.8 Å². The third kappa shape index (κ3) is 14.4. The molecule has 0 aliphatic carbocycles. The van der Waals surface area contributed by atoms with Crippen LogP contribution in [0.15, 0.2) is 30.3 Å². The minimum Gasteiger partial charge on any atom is -0.357 e. The molecule has 2 unspecified atom stereocenters. The maximum atomic E-state index is 12.9. The average Bonchev–Trinajstić information content (AvgIpc) is 2.86. The van der Waals surface area contributed by atoms with Crippen LogP contribution >= 0.6 is 0 Å². The van der Waals surface area contributed by atoms with Gasteiger partial charge < -0.3 is 10.6 Å². The normalized spacial score (nSPS) is 12.8. The Morgan fingerprint density at radius 3 is 1.68 bits per heavy atom. The third-order valence-electron chi connectivity index (χ3n) is 6.93. The van der Waals surface area contributed by atoms with Crippen molar-refractivity contribution in [3.05, 3.63) is 35.9 Å². The Morgan fingerprint density at radius 2 is 1.21 bits per heavy atom. The van der Waals surface area contributed by atoms with Crippen LogP contribution in [0, 0.1) is 5.92 Å². The van der Waals surface area contributed by atoms with Crippen LogP contribution in [0.25, 0.3) is 0 Å². The maximum absolute atomic E-state index is 12.9. The van der Waals surface area contributed by atoms with Gasteiger partial charge in [-0.15, -0.1) is 0 Å². The highest BCUT2D eigenvalue weighted by atomic mass is 16.2. The monoisotopic (exact) mass is 472 g/mol. The third-order valence-corrected chi connectivity index (χ3v) is 6.93. The Hall–Kier alpha value is -1.84. The average molecular weight is 473 g/mol. The van der Waals surface area contributed by atoms with Crippen LogP contribution in [-0.4, -0.2) is 24.9 Å². The molecule has 1 aromatic carbocycles. The minimum atomic E-state index is -0.523. The van der Waals surface area contributed by atoms with Gasteiger partial charge in [0.2, 0.25) is 11.8 Å². The lowest BCUT2D eigenvalue weighted by Crippen LogP contribution is -2.48. The van der Waals surface area contributed by atoms with Crippen LogP contribution in [0.1, 0.15) is 122 Å². The van der Waals surface area contributed by atoms with Gasteiger partial charge in [0.1, 0.15) is 6.04 Å². The number of rotatable bonds is 21.